The number of aromatic nitrogens is 5. The summed E-state index contributed by atoms with van der Waals surface area (Å²) < 4.78 is 43.7. The molecule has 4 rings (SSSR count). The number of alkyl halides is 3. The Morgan fingerprint density at radius 3 is 2.74 bits per heavy atom. The summed E-state index contributed by atoms with van der Waals surface area (Å²) in [6.45, 7) is 1.97. The van der Waals surface area contributed by atoms with E-state index >= 15 is 0 Å². The quantitative estimate of drug-likeness (QED) is 0.408. The number of carbonyl (C=O) groups excluding carboxylic acids is 1. The maximum atomic E-state index is 13.7. The smallest absolute Gasteiger partial charge is 0.355 e. The van der Waals surface area contributed by atoms with Gasteiger partial charge in [-0.05, 0) is 30.2 Å². The minimum absolute atomic E-state index is 0.0298. The van der Waals surface area contributed by atoms with E-state index in [9.17, 15) is 18.0 Å². The number of rotatable bonds is 7. The summed E-state index contributed by atoms with van der Waals surface area (Å²) in [4.78, 5) is 20.7. The molecule has 35 heavy (non-hydrogen) atoms. The van der Waals surface area contributed by atoms with Crippen molar-refractivity contribution in [3.05, 3.63) is 59.8 Å². The Hall–Kier alpha value is -4.40. The summed E-state index contributed by atoms with van der Waals surface area (Å²) in [6.07, 6.45) is 1.53. The van der Waals surface area contributed by atoms with Crippen LogP contribution in [0.5, 0.6) is 0 Å². The molecule has 0 fully saturated rings. The topological polar surface area (TPSA) is 113 Å². The highest BCUT2D eigenvalue weighted by Gasteiger charge is 2.38. The van der Waals surface area contributed by atoms with Crippen LogP contribution in [0.15, 0.2) is 43.0 Å². The first-order chi connectivity index (χ1) is 16.8. The third-order valence-corrected chi connectivity index (χ3v) is 5.41. The highest BCUT2D eigenvalue weighted by atomic mass is 19.4. The Labute approximate surface area is 198 Å². The maximum Gasteiger partial charge on any atom is 0.435 e. The molecule has 4 aromatic rings. The van der Waals surface area contributed by atoms with Crippen molar-refractivity contribution in [1.82, 2.24) is 29.5 Å². The van der Waals surface area contributed by atoms with Gasteiger partial charge in [-0.15, -0.1) is 0 Å². The molecule has 12 heteroatoms. The van der Waals surface area contributed by atoms with Gasteiger partial charge in [0.2, 0.25) is 0 Å². The van der Waals surface area contributed by atoms with Crippen LogP contribution >= 0.6 is 0 Å². The summed E-state index contributed by atoms with van der Waals surface area (Å²) in [7, 11) is 1.56. The number of hydrogen-bond acceptors (Lipinski definition) is 6. The van der Waals surface area contributed by atoms with Gasteiger partial charge < -0.3 is 10.6 Å². The van der Waals surface area contributed by atoms with Crippen LogP contribution < -0.4 is 10.6 Å². The SMILES string of the molecule is CCc1cc(Nc2nccn3c(-c4cn(CCC#N)nc4C(F)(F)F)cnc23)ccc1C(=O)NC. The summed E-state index contributed by atoms with van der Waals surface area (Å²) in [6, 6.07) is 7.14. The molecular weight excluding hydrogens is 461 g/mol. The second-order valence-corrected chi connectivity index (χ2v) is 7.60. The molecule has 1 aromatic carbocycles. The van der Waals surface area contributed by atoms with Gasteiger partial charge in [0.1, 0.15) is 0 Å². The Kier molecular flexibility index (Phi) is 6.42. The number of anilines is 2. The fourth-order valence-electron chi connectivity index (χ4n) is 3.76. The lowest BCUT2D eigenvalue weighted by Crippen LogP contribution is -2.19. The molecule has 0 atom stereocenters. The van der Waals surface area contributed by atoms with E-state index in [2.05, 4.69) is 25.7 Å². The highest BCUT2D eigenvalue weighted by Crippen LogP contribution is 2.37. The molecule has 0 aliphatic carbocycles. The molecule has 9 nitrogen and oxygen atoms in total. The number of imidazole rings is 1. The summed E-state index contributed by atoms with van der Waals surface area (Å²) >= 11 is 0. The molecule has 0 unspecified atom stereocenters. The molecular formula is C23H21F3N8O. The Balaban J connectivity index is 1.74. The number of halogens is 3. The second kappa shape index (κ2) is 9.46. The Bertz CT molecular complexity index is 1430. The average molecular weight is 482 g/mol. The van der Waals surface area contributed by atoms with Crippen molar-refractivity contribution in [2.24, 2.45) is 0 Å². The monoisotopic (exact) mass is 482 g/mol. The first-order valence-electron chi connectivity index (χ1n) is 10.7. The number of benzene rings is 1. The van der Waals surface area contributed by atoms with Crippen molar-refractivity contribution in [2.45, 2.75) is 32.5 Å². The molecule has 2 N–H and O–H groups in total. The maximum absolute atomic E-state index is 13.7. The molecule has 1 amide bonds. The predicted octanol–water partition coefficient (Wildman–Crippen LogP) is 4.19. The largest absolute Gasteiger partial charge is 0.435 e. The van der Waals surface area contributed by atoms with E-state index in [1.165, 1.54) is 29.2 Å². The number of fused-ring (bicyclic) bond motifs is 1. The van der Waals surface area contributed by atoms with Crippen LogP contribution in [0.2, 0.25) is 0 Å². The lowest BCUT2D eigenvalue weighted by Gasteiger charge is -2.12. The Morgan fingerprint density at radius 2 is 2.06 bits per heavy atom. The molecule has 0 saturated carbocycles. The minimum Gasteiger partial charge on any atom is -0.355 e. The number of carbonyl (C=O) groups is 1. The fraction of sp³-hybridized carbons (Fsp3) is 0.261. The standard InChI is InChI=1S/C23H21F3N8O/c1-3-14-11-15(5-6-16(14)22(35)28-2)31-20-21-30-12-18(34(21)10-8-29-20)17-13-33(9-4-7-27)32-19(17)23(24,25)26/h5-6,8,10-13H,3-4,9H2,1-2H3,(H,28,35)(H,29,31). The van der Waals surface area contributed by atoms with Gasteiger partial charge in [0.25, 0.3) is 5.91 Å². The average Bonchev–Trinajstić information content (AvgIpc) is 3.47. The first-order valence-corrected chi connectivity index (χ1v) is 10.7. The fourth-order valence-corrected chi connectivity index (χ4v) is 3.76. The Morgan fingerprint density at radius 1 is 1.26 bits per heavy atom. The van der Waals surface area contributed by atoms with Crippen molar-refractivity contribution < 1.29 is 18.0 Å². The summed E-state index contributed by atoms with van der Waals surface area (Å²) in [5.41, 5.74) is 1.33. The van der Waals surface area contributed by atoms with Gasteiger partial charge in [0, 0.05) is 36.9 Å². The third kappa shape index (κ3) is 4.65. The highest BCUT2D eigenvalue weighted by molar-refractivity contribution is 5.96. The summed E-state index contributed by atoms with van der Waals surface area (Å²) in [5.74, 6) is 0.140. The summed E-state index contributed by atoms with van der Waals surface area (Å²) in [5, 5.41) is 18.2. The van der Waals surface area contributed by atoms with Gasteiger partial charge in [-0.1, -0.05) is 6.92 Å². The van der Waals surface area contributed by atoms with Gasteiger partial charge in [0.05, 0.1) is 36.5 Å². The van der Waals surface area contributed by atoms with Crippen molar-refractivity contribution in [2.75, 3.05) is 12.4 Å². The van der Waals surface area contributed by atoms with Crippen molar-refractivity contribution in [3.8, 4) is 17.3 Å². The van der Waals surface area contributed by atoms with Crippen LogP contribution in [0, 0.1) is 11.3 Å². The lowest BCUT2D eigenvalue weighted by molar-refractivity contribution is -0.141. The van der Waals surface area contributed by atoms with Crippen molar-refractivity contribution >= 4 is 23.1 Å². The lowest BCUT2D eigenvalue weighted by atomic mass is 10.0. The van der Waals surface area contributed by atoms with E-state index in [0.717, 1.165) is 10.2 Å². The van der Waals surface area contributed by atoms with E-state index in [1.54, 1.807) is 19.2 Å². The zero-order valence-electron chi connectivity index (χ0n) is 18.9. The normalized spacial score (nSPS) is 11.4. The van der Waals surface area contributed by atoms with Crippen LogP contribution in [0.4, 0.5) is 24.7 Å². The number of hydrogen-bond donors (Lipinski definition) is 2. The van der Waals surface area contributed by atoms with E-state index < -0.39 is 11.9 Å². The van der Waals surface area contributed by atoms with Crippen molar-refractivity contribution in [3.63, 3.8) is 0 Å². The molecule has 3 aromatic heterocycles. The first kappa shape index (κ1) is 23.7. The molecule has 0 radical (unpaired) electrons. The number of nitriles is 1. The van der Waals surface area contributed by atoms with E-state index in [-0.39, 0.29) is 30.1 Å². The molecule has 0 saturated heterocycles. The van der Waals surface area contributed by atoms with Crippen LogP contribution in [-0.2, 0) is 19.1 Å². The van der Waals surface area contributed by atoms with Crippen LogP contribution in [0.1, 0.15) is 35.0 Å². The minimum atomic E-state index is -4.69. The molecule has 3 heterocycles. The second-order valence-electron chi connectivity index (χ2n) is 7.60. The number of aryl methyl sites for hydroxylation is 2. The zero-order valence-corrected chi connectivity index (χ0v) is 18.9. The molecule has 180 valence electrons. The number of nitrogens with zero attached hydrogens (tertiary/aromatic N) is 6. The molecule has 0 bridgehead atoms. The van der Waals surface area contributed by atoms with E-state index in [4.69, 9.17) is 5.26 Å². The third-order valence-electron chi connectivity index (χ3n) is 5.41. The van der Waals surface area contributed by atoms with Gasteiger partial charge in [-0.2, -0.15) is 23.5 Å². The van der Waals surface area contributed by atoms with Crippen LogP contribution in [0.3, 0.4) is 0 Å². The van der Waals surface area contributed by atoms with Crippen molar-refractivity contribution in [1.29, 1.82) is 5.26 Å². The zero-order chi connectivity index (χ0) is 25.2. The molecule has 0 aliphatic rings. The van der Waals surface area contributed by atoms with E-state index in [0.29, 0.717) is 29.1 Å². The van der Waals surface area contributed by atoms with Crippen LogP contribution in [-0.4, -0.2) is 37.1 Å². The molecule has 0 aliphatic heterocycles. The molecule has 0 spiro atoms. The van der Waals surface area contributed by atoms with E-state index in [1.807, 2.05) is 19.1 Å². The van der Waals surface area contributed by atoms with Gasteiger partial charge >= 0.3 is 6.18 Å². The van der Waals surface area contributed by atoms with Gasteiger partial charge in [-0.25, -0.2) is 9.97 Å². The van der Waals surface area contributed by atoms with Gasteiger partial charge in [0.15, 0.2) is 17.2 Å². The number of nitrogens with one attached hydrogen (secondary N) is 2. The number of amides is 1. The predicted molar refractivity (Wildman–Crippen MR) is 122 cm³/mol. The van der Waals surface area contributed by atoms with Crippen LogP contribution in [0.25, 0.3) is 16.9 Å². The van der Waals surface area contributed by atoms with Gasteiger partial charge in [-0.3, -0.25) is 13.9 Å².